The Labute approximate surface area is 93.4 Å². The number of alkyl halides is 6. The second-order valence-electron chi connectivity index (χ2n) is 3.75. The zero-order valence-corrected chi connectivity index (χ0v) is 8.61. The molecule has 2 N–H and O–H groups in total. The van der Waals surface area contributed by atoms with E-state index >= 15 is 0 Å². The first-order valence-electron chi connectivity index (χ1n) is 4.83. The normalized spacial score (nSPS) is 19.9. The summed E-state index contributed by atoms with van der Waals surface area (Å²) in [5.41, 5.74) is 4.92. The molecule has 1 heterocycles. The van der Waals surface area contributed by atoms with E-state index in [1.165, 1.54) is 0 Å². The molecule has 0 amide bonds. The molecule has 1 unspecified atom stereocenters. The zero-order valence-electron chi connectivity index (χ0n) is 8.61. The predicted octanol–water partition coefficient (Wildman–Crippen LogP) is 2.75. The zero-order chi connectivity index (χ0) is 13.3. The minimum atomic E-state index is -5.42. The van der Waals surface area contributed by atoms with Gasteiger partial charge in [-0.05, 0) is 18.4 Å². The highest BCUT2D eigenvalue weighted by Crippen LogP contribution is 2.43. The lowest BCUT2D eigenvalue weighted by Crippen LogP contribution is -2.50. The second-order valence-corrected chi connectivity index (χ2v) is 3.75. The molecular weight excluding hydrogens is 252 g/mol. The topological polar surface area (TPSA) is 35.2 Å². The fourth-order valence-corrected chi connectivity index (χ4v) is 1.64. The number of hydrogen-bond donors (Lipinski definition) is 1. The first-order valence-corrected chi connectivity index (χ1v) is 4.83. The minimum Gasteiger partial charge on any atom is -0.501 e. The maximum absolute atomic E-state index is 12.4. The molecular formula is C9H11F6NO. The van der Waals surface area contributed by atoms with E-state index in [4.69, 9.17) is 10.5 Å². The van der Waals surface area contributed by atoms with Crippen LogP contribution in [0.2, 0.25) is 0 Å². The van der Waals surface area contributed by atoms with Crippen LogP contribution in [0.4, 0.5) is 26.3 Å². The average molecular weight is 263 g/mol. The van der Waals surface area contributed by atoms with E-state index in [-0.39, 0.29) is 18.6 Å². The van der Waals surface area contributed by atoms with E-state index in [2.05, 4.69) is 0 Å². The molecule has 1 aliphatic heterocycles. The summed E-state index contributed by atoms with van der Waals surface area (Å²) in [7, 11) is 0. The summed E-state index contributed by atoms with van der Waals surface area (Å²) in [6.45, 7) is 0.277. The molecule has 0 bridgehead atoms. The second kappa shape index (κ2) is 4.75. The molecule has 1 rings (SSSR count). The van der Waals surface area contributed by atoms with Crippen LogP contribution in [0.25, 0.3) is 0 Å². The minimum absolute atomic E-state index is 0.0871. The van der Waals surface area contributed by atoms with Gasteiger partial charge in [0.25, 0.3) is 0 Å². The summed E-state index contributed by atoms with van der Waals surface area (Å²) in [6, 6.07) is -2.14. The molecule has 0 radical (unpaired) electrons. The molecule has 2 nitrogen and oxygen atoms in total. The molecule has 8 heteroatoms. The number of nitrogens with two attached hydrogens (primary N) is 1. The Kier molecular flexibility index (Phi) is 3.95. The molecule has 0 aromatic heterocycles. The molecule has 0 aromatic carbocycles. The van der Waals surface area contributed by atoms with E-state index in [1.54, 1.807) is 0 Å². The summed E-state index contributed by atoms with van der Waals surface area (Å²) in [4.78, 5) is 0. The molecule has 0 saturated heterocycles. The van der Waals surface area contributed by atoms with Gasteiger partial charge in [0, 0.05) is 6.04 Å². The highest BCUT2D eigenvalue weighted by Gasteiger charge is 2.60. The molecule has 17 heavy (non-hydrogen) atoms. The SMILES string of the molecule is NC(C1=COCCC1)C(C(F)(F)F)C(F)(F)F. The largest absolute Gasteiger partial charge is 0.501 e. The molecule has 0 fully saturated rings. The fourth-order valence-electron chi connectivity index (χ4n) is 1.64. The van der Waals surface area contributed by atoms with Crippen molar-refractivity contribution < 1.29 is 31.1 Å². The van der Waals surface area contributed by atoms with Gasteiger partial charge < -0.3 is 10.5 Å². The Morgan fingerprint density at radius 1 is 1.12 bits per heavy atom. The van der Waals surface area contributed by atoms with E-state index in [0.717, 1.165) is 6.26 Å². The Balaban J connectivity index is 2.95. The van der Waals surface area contributed by atoms with E-state index in [9.17, 15) is 26.3 Å². The van der Waals surface area contributed by atoms with Crippen LogP contribution in [0, 0.1) is 5.92 Å². The molecule has 0 aliphatic carbocycles. The Hall–Kier alpha value is -0.920. The standard InChI is InChI=1S/C9H11F6NO/c10-8(11,12)7(9(13,14)15)6(16)5-2-1-3-17-4-5/h4,6-7H,1-3,16H2. The summed E-state index contributed by atoms with van der Waals surface area (Å²) in [6.07, 6.45) is -9.49. The van der Waals surface area contributed by atoms with Crippen molar-refractivity contribution >= 4 is 0 Å². The Bertz CT molecular complexity index is 281. The molecule has 1 atom stereocenters. The molecule has 0 saturated carbocycles. The third kappa shape index (κ3) is 3.52. The first kappa shape index (κ1) is 14.1. The lowest BCUT2D eigenvalue weighted by Gasteiger charge is -2.30. The van der Waals surface area contributed by atoms with E-state index in [1.807, 2.05) is 0 Å². The summed E-state index contributed by atoms with van der Waals surface area (Å²) in [5, 5.41) is 0. The molecule has 1 aliphatic rings. The van der Waals surface area contributed by atoms with Gasteiger partial charge >= 0.3 is 12.4 Å². The van der Waals surface area contributed by atoms with Gasteiger partial charge in [-0.3, -0.25) is 0 Å². The van der Waals surface area contributed by atoms with Crippen molar-refractivity contribution in [3.8, 4) is 0 Å². The third-order valence-electron chi connectivity index (χ3n) is 2.45. The van der Waals surface area contributed by atoms with Gasteiger partial charge in [-0.2, -0.15) is 26.3 Å². The van der Waals surface area contributed by atoms with Gasteiger partial charge in [0.1, 0.15) is 0 Å². The summed E-state index contributed by atoms with van der Waals surface area (Å²) in [5.74, 6) is -3.55. The van der Waals surface area contributed by atoms with Crippen LogP contribution in [-0.4, -0.2) is 25.0 Å². The third-order valence-corrected chi connectivity index (χ3v) is 2.45. The maximum Gasteiger partial charge on any atom is 0.402 e. The fraction of sp³-hybridized carbons (Fsp3) is 0.778. The quantitative estimate of drug-likeness (QED) is 0.777. The molecule has 100 valence electrons. The van der Waals surface area contributed by atoms with Crippen LogP contribution in [0.1, 0.15) is 12.8 Å². The van der Waals surface area contributed by atoms with Crippen LogP contribution >= 0.6 is 0 Å². The highest BCUT2D eigenvalue weighted by atomic mass is 19.4. The Morgan fingerprint density at radius 3 is 2.00 bits per heavy atom. The number of halogens is 6. The van der Waals surface area contributed by atoms with Crippen molar-refractivity contribution in [2.45, 2.75) is 31.2 Å². The van der Waals surface area contributed by atoms with Crippen LogP contribution in [0.15, 0.2) is 11.8 Å². The highest BCUT2D eigenvalue weighted by molar-refractivity contribution is 5.13. The smallest absolute Gasteiger partial charge is 0.402 e. The monoisotopic (exact) mass is 263 g/mol. The number of ether oxygens (including phenoxy) is 1. The van der Waals surface area contributed by atoms with Crippen molar-refractivity contribution in [3.05, 3.63) is 11.8 Å². The molecule has 0 spiro atoms. The van der Waals surface area contributed by atoms with Crippen LogP contribution < -0.4 is 5.73 Å². The van der Waals surface area contributed by atoms with Crippen molar-refractivity contribution in [2.75, 3.05) is 6.61 Å². The van der Waals surface area contributed by atoms with Gasteiger partial charge in [-0.15, -0.1) is 0 Å². The van der Waals surface area contributed by atoms with Gasteiger partial charge in [0.2, 0.25) is 0 Å². The van der Waals surface area contributed by atoms with Gasteiger partial charge in [0.05, 0.1) is 12.9 Å². The predicted molar refractivity (Wildman–Crippen MR) is 46.8 cm³/mol. The lowest BCUT2D eigenvalue weighted by molar-refractivity contribution is -0.287. The average Bonchev–Trinajstić information content (AvgIpc) is 2.14. The van der Waals surface area contributed by atoms with Gasteiger partial charge in [-0.25, -0.2) is 0 Å². The van der Waals surface area contributed by atoms with Gasteiger partial charge in [0.15, 0.2) is 5.92 Å². The van der Waals surface area contributed by atoms with Crippen molar-refractivity contribution in [2.24, 2.45) is 11.7 Å². The van der Waals surface area contributed by atoms with Crippen LogP contribution in [0.5, 0.6) is 0 Å². The maximum atomic E-state index is 12.4. The first-order chi connectivity index (χ1) is 7.64. The summed E-state index contributed by atoms with van der Waals surface area (Å²) < 4.78 is 78.8. The van der Waals surface area contributed by atoms with Crippen molar-refractivity contribution in [3.63, 3.8) is 0 Å². The van der Waals surface area contributed by atoms with Gasteiger partial charge in [-0.1, -0.05) is 0 Å². The van der Waals surface area contributed by atoms with Crippen molar-refractivity contribution in [1.29, 1.82) is 0 Å². The molecule has 0 aromatic rings. The number of hydrogen-bond acceptors (Lipinski definition) is 2. The van der Waals surface area contributed by atoms with E-state index < -0.39 is 24.3 Å². The van der Waals surface area contributed by atoms with E-state index in [0.29, 0.717) is 6.42 Å². The van der Waals surface area contributed by atoms with Crippen LogP contribution in [0.3, 0.4) is 0 Å². The van der Waals surface area contributed by atoms with Crippen molar-refractivity contribution in [1.82, 2.24) is 0 Å². The van der Waals surface area contributed by atoms with Crippen LogP contribution in [-0.2, 0) is 4.74 Å². The summed E-state index contributed by atoms with van der Waals surface area (Å²) >= 11 is 0. The lowest BCUT2D eigenvalue weighted by atomic mass is 9.90. The number of rotatable bonds is 2. The Morgan fingerprint density at radius 2 is 1.65 bits per heavy atom.